The molecule has 38 heavy (non-hydrogen) atoms. The monoisotopic (exact) mass is 526 g/mol. The van der Waals surface area contributed by atoms with E-state index >= 15 is 0 Å². The Morgan fingerprint density at radius 2 is 1.42 bits per heavy atom. The van der Waals surface area contributed by atoms with Gasteiger partial charge >= 0.3 is 0 Å². The standard InChI is InChI=1S/C30H23ClN2O5/c1-3-30-23(18-12-8-5-9-13-18)22(17-10-6-4-7-11-17)29(2,28(30)36)24-25(30)27(35)32(26(24)34)21-16-19(33(37)38)14-15-20(21)31/h4-16,24-25H,3H2,1-2H3/t24-,25+,29-,30-/m0/s1. The maximum absolute atomic E-state index is 14.5. The number of non-ortho nitro benzene ring substituents is 1. The first kappa shape index (κ1) is 24.2. The van der Waals surface area contributed by atoms with Crippen LogP contribution < -0.4 is 4.90 Å². The van der Waals surface area contributed by atoms with Crippen LogP contribution in [0.2, 0.25) is 5.02 Å². The molecule has 0 spiro atoms. The van der Waals surface area contributed by atoms with Gasteiger partial charge in [-0.15, -0.1) is 0 Å². The van der Waals surface area contributed by atoms with Crippen LogP contribution in [-0.4, -0.2) is 22.5 Å². The van der Waals surface area contributed by atoms with E-state index in [0.29, 0.717) is 6.42 Å². The van der Waals surface area contributed by atoms with E-state index in [2.05, 4.69) is 0 Å². The molecule has 6 rings (SSSR count). The van der Waals surface area contributed by atoms with Crippen LogP contribution in [-0.2, 0) is 14.4 Å². The number of halogens is 1. The Bertz CT molecular complexity index is 1580. The minimum absolute atomic E-state index is 0.0329. The normalized spacial score (nSPS) is 27.9. The number of fused-ring (bicyclic) bond motifs is 5. The number of Topliss-reactive ketones (excluding diaryl/α,β-unsaturated/α-hetero) is 1. The van der Waals surface area contributed by atoms with Gasteiger partial charge in [0.25, 0.3) is 5.69 Å². The average Bonchev–Trinajstić information content (AvgIpc) is 3.39. The highest BCUT2D eigenvalue weighted by Gasteiger charge is 2.79. The van der Waals surface area contributed by atoms with E-state index in [1.807, 2.05) is 67.6 Å². The molecule has 3 aromatic carbocycles. The number of nitro groups is 1. The Labute approximate surface area is 223 Å². The van der Waals surface area contributed by atoms with Gasteiger partial charge in [-0.2, -0.15) is 0 Å². The number of rotatable bonds is 5. The lowest BCUT2D eigenvalue weighted by atomic mass is 9.62. The number of amides is 2. The summed E-state index contributed by atoms with van der Waals surface area (Å²) in [6.45, 7) is 3.64. The fraction of sp³-hybridized carbons (Fsp3) is 0.233. The summed E-state index contributed by atoms with van der Waals surface area (Å²) in [5, 5.41) is 11.5. The zero-order valence-corrected chi connectivity index (χ0v) is 21.4. The highest BCUT2D eigenvalue weighted by atomic mass is 35.5. The van der Waals surface area contributed by atoms with Crippen molar-refractivity contribution in [1.29, 1.82) is 0 Å². The molecule has 2 bridgehead atoms. The van der Waals surface area contributed by atoms with Crippen LogP contribution in [0.4, 0.5) is 11.4 Å². The van der Waals surface area contributed by atoms with E-state index in [1.54, 1.807) is 6.92 Å². The summed E-state index contributed by atoms with van der Waals surface area (Å²) in [6, 6.07) is 22.7. The maximum atomic E-state index is 14.5. The minimum atomic E-state index is -1.28. The molecule has 4 atom stereocenters. The molecule has 2 amide bonds. The lowest BCUT2D eigenvalue weighted by Gasteiger charge is -2.37. The fourth-order valence-electron chi connectivity index (χ4n) is 7.15. The summed E-state index contributed by atoms with van der Waals surface area (Å²) >= 11 is 6.39. The van der Waals surface area contributed by atoms with Gasteiger partial charge in [0.05, 0.1) is 38.3 Å². The molecule has 3 aromatic rings. The lowest BCUT2D eigenvalue weighted by molar-refractivity contribution is -0.384. The number of hydrogen-bond donors (Lipinski definition) is 0. The number of nitro benzene ring substituents is 1. The largest absolute Gasteiger partial charge is 0.298 e. The quantitative estimate of drug-likeness (QED) is 0.232. The molecule has 1 heterocycles. The van der Waals surface area contributed by atoms with E-state index in [0.717, 1.165) is 33.2 Å². The molecule has 1 saturated carbocycles. The lowest BCUT2D eigenvalue weighted by Crippen LogP contribution is -2.41. The van der Waals surface area contributed by atoms with Crippen molar-refractivity contribution in [3.8, 4) is 0 Å². The van der Waals surface area contributed by atoms with Crippen molar-refractivity contribution < 1.29 is 19.3 Å². The Balaban J connectivity index is 1.63. The highest BCUT2D eigenvalue weighted by Crippen LogP contribution is 2.74. The van der Waals surface area contributed by atoms with Crippen molar-refractivity contribution in [1.82, 2.24) is 0 Å². The molecular weight excluding hydrogens is 504 g/mol. The van der Waals surface area contributed by atoms with Crippen molar-refractivity contribution >= 4 is 51.7 Å². The van der Waals surface area contributed by atoms with Crippen molar-refractivity contribution in [2.45, 2.75) is 20.3 Å². The molecule has 8 heteroatoms. The number of benzene rings is 3. The van der Waals surface area contributed by atoms with Crippen LogP contribution >= 0.6 is 11.6 Å². The van der Waals surface area contributed by atoms with E-state index < -0.39 is 39.4 Å². The summed E-state index contributed by atoms with van der Waals surface area (Å²) in [5.41, 5.74) is 0.348. The van der Waals surface area contributed by atoms with Gasteiger partial charge in [-0.05, 0) is 41.7 Å². The first-order valence-electron chi connectivity index (χ1n) is 12.4. The third-order valence-corrected chi connectivity index (χ3v) is 8.94. The van der Waals surface area contributed by atoms with Gasteiger partial charge in [0.2, 0.25) is 11.8 Å². The van der Waals surface area contributed by atoms with Gasteiger partial charge in [0.1, 0.15) is 0 Å². The van der Waals surface area contributed by atoms with E-state index in [9.17, 15) is 24.5 Å². The zero-order chi connectivity index (χ0) is 27.0. The number of imide groups is 1. The van der Waals surface area contributed by atoms with E-state index in [1.165, 1.54) is 12.1 Å². The Kier molecular flexibility index (Phi) is 5.23. The zero-order valence-electron chi connectivity index (χ0n) is 20.7. The second-order valence-corrected chi connectivity index (χ2v) is 10.6. The third kappa shape index (κ3) is 2.82. The Hall–Kier alpha value is -4.10. The first-order chi connectivity index (χ1) is 18.2. The van der Waals surface area contributed by atoms with Gasteiger partial charge in [0, 0.05) is 12.1 Å². The molecule has 0 unspecified atom stereocenters. The van der Waals surface area contributed by atoms with E-state index in [-0.39, 0.29) is 22.2 Å². The van der Waals surface area contributed by atoms with Crippen LogP contribution in [0.15, 0.2) is 78.9 Å². The summed E-state index contributed by atoms with van der Waals surface area (Å²) in [6.07, 6.45) is 0.318. The Morgan fingerprint density at radius 3 is 1.97 bits per heavy atom. The maximum Gasteiger partial charge on any atom is 0.271 e. The number of anilines is 1. The molecule has 2 fully saturated rings. The number of hydrogen-bond acceptors (Lipinski definition) is 5. The van der Waals surface area contributed by atoms with Crippen molar-refractivity contribution in [2.75, 3.05) is 4.90 Å². The third-order valence-electron chi connectivity index (χ3n) is 8.62. The summed E-state index contributed by atoms with van der Waals surface area (Å²) in [4.78, 5) is 54.7. The van der Waals surface area contributed by atoms with E-state index in [4.69, 9.17) is 11.6 Å². The molecule has 1 aliphatic heterocycles. The van der Waals surface area contributed by atoms with Crippen molar-refractivity contribution in [2.24, 2.45) is 22.7 Å². The molecule has 7 nitrogen and oxygen atoms in total. The number of nitrogens with zero attached hydrogens (tertiary/aromatic N) is 2. The summed E-state index contributed by atoms with van der Waals surface area (Å²) in [5.74, 6) is -3.15. The fourth-order valence-corrected chi connectivity index (χ4v) is 7.35. The molecule has 1 saturated heterocycles. The minimum Gasteiger partial charge on any atom is -0.298 e. The molecule has 0 N–H and O–H groups in total. The van der Waals surface area contributed by atoms with Crippen LogP contribution in [0.1, 0.15) is 31.4 Å². The summed E-state index contributed by atoms with van der Waals surface area (Å²) < 4.78 is 0. The predicted molar refractivity (Wildman–Crippen MR) is 143 cm³/mol. The average molecular weight is 527 g/mol. The molecule has 0 aromatic heterocycles. The Morgan fingerprint density at radius 1 is 0.868 bits per heavy atom. The van der Waals surface area contributed by atoms with Gasteiger partial charge in [-0.25, -0.2) is 4.90 Å². The number of allylic oxidation sites excluding steroid dienone is 2. The van der Waals surface area contributed by atoms with Crippen LogP contribution in [0.25, 0.3) is 11.1 Å². The van der Waals surface area contributed by atoms with Gasteiger partial charge in [-0.1, -0.05) is 79.2 Å². The number of ketones is 1. The predicted octanol–water partition coefficient (Wildman–Crippen LogP) is 5.96. The molecule has 2 aliphatic carbocycles. The molecular formula is C30H23ClN2O5. The topological polar surface area (TPSA) is 97.6 Å². The SMILES string of the molecule is CC[C@]12C(=O)[C@@](C)(C(c3ccccc3)=C1c1ccccc1)[C@@H]1C(=O)N(c3cc([N+](=O)[O-])ccc3Cl)C(=O)[C@@H]12. The number of carbonyl (C=O) groups excluding carboxylic acids is 3. The van der Waals surface area contributed by atoms with Gasteiger partial charge in [0.15, 0.2) is 5.78 Å². The molecule has 0 radical (unpaired) electrons. The van der Waals surface area contributed by atoms with Gasteiger partial charge < -0.3 is 0 Å². The molecule has 190 valence electrons. The highest BCUT2D eigenvalue weighted by molar-refractivity contribution is 6.39. The van der Waals surface area contributed by atoms with Crippen molar-refractivity contribution in [3.05, 3.63) is 105 Å². The van der Waals surface area contributed by atoms with Crippen LogP contribution in [0.3, 0.4) is 0 Å². The van der Waals surface area contributed by atoms with Crippen LogP contribution in [0, 0.1) is 32.8 Å². The second kappa shape index (κ2) is 8.20. The second-order valence-electron chi connectivity index (χ2n) is 10.2. The number of carbonyl (C=O) groups is 3. The molecule has 3 aliphatic rings. The first-order valence-corrected chi connectivity index (χ1v) is 12.8. The van der Waals surface area contributed by atoms with Crippen LogP contribution in [0.5, 0.6) is 0 Å². The smallest absolute Gasteiger partial charge is 0.271 e. The summed E-state index contributed by atoms with van der Waals surface area (Å²) in [7, 11) is 0. The van der Waals surface area contributed by atoms with Gasteiger partial charge in [-0.3, -0.25) is 24.5 Å². The van der Waals surface area contributed by atoms with Crippen molar-refractivity contribution in [3.63, 3.8) is 0 Å².